The lowest BCUT2D eigenvalue weighted by Gasteiger charge is -2.14. The maximum absolute atomic E-state index is 11.6. The van der Waals surface area contributed by atoms with Crippen molar-refractivity contribution in [3.8, 4) is 0 Å². The first-order valence-electron chi connectivity index (χ1n) is 5.05. The molecule has 0 aromatic heterocycles. The molecule has 2 rings (SSSR count). The van der Waals surface area contributed by atoms with Crippen molar-refractivity contribution in [2.45, 2.75) is 6.61 Å². The van der Waals surface area contributed by atoms with Crippen molar-refractivity contribution >= 4 is 12.1 Å². The second-order valence-corrected chi connectivity index (χ2v) is 3.43. The summed E-state index contributed by atoms with van der Waals surface area (Å²) in [7, 11) is 0. The van der Waals surface area contributed by atoms with Crippen LogP contribution < -0.4 is 5.73 Å². The van der Waals surface area contributed by atoms with Crippen LogP contribution in [0.15, 0.2) is 35.3 Å². The molecule has 1 aliphatic heterocycles. The molecular weight excluding hydrogens is 206 g/mol. The number of carbonyl (C=O) groups is 1. The summed E-state index contributed by atoms with van der Waals surface area (Å²) in [6.45, 7) is 1.30. The quantitative estimate of drug-likeness (QED) is 0.805. The molecule has 1 aromatic carbocycles. The van der Waals surface area contributed by atoms with Crippen molar-refractivity contribution in [3.63, 3.8) is 0 Å². The molecule has 1 aliphatic rings. The van der Waals surface area contributed by atoms with Gasteiger partial charge in [-0.2, -0.15) is 0 Å². The van der Waals surface area contributed by atoms with Gasteiger partial charge in [-0.05, 0) is 5.56 Å². The van der Waals surface area contributed by atoms with Crippen molar-refractivity contribution in [2.24, 2.45) is 10.7 Å². The largest absolute Gasteiger partial charge is 0.444 e. The van der Waals surface area contributed by atoms with E-state index in [0.717, 1.165) is 5.56 Å². The predicted molar refractivity (Wildman–Crippen MR) is 59.8 cm³/mol. The van der Waals surface area contributed by atoms with E-state index in [0.29, 0.717) is 13.1 Å². The zero-order valence-corrected chi connectivity index (χ0v) is 8.80. The van der Waals surface area contributed by atoms with Gasteiger partial charge in [-0.3, -0.25) is 4.99 Å². The summed E-state index contributed by atoms with van der Waals surface area (Å²) in [5.41, 5.74) is 6.47. The van der Waals surface area contributed by atoms with Gasteiger partial charge in [-0.1, -0.05) is 30.3 Å². The number of guanidine groups is 1. The molecule has 2 N–H and O–H groups in total. The Morgan fingerprint density at radius 1 is 1.44 bits per heavy atom. The molecule has 0 unspecified atom stereocenters. The van der Waals surface area contributed by atoms with E-state index in [2.05, 4.69) is 4.99 Å². The summed E-state index contributed by atoms with van der Waals surface area (Å²) in [6, 6.07) is 9.50. The van der Waals surface area contributed by atoms with Crippen molar-refractivity contribution in [1.29, 1.82) is 0 Å². The first-order chi connectivity index (χ1) is 7.77. The van der Waals surface area contributed by atoms with Crippen molar-refractivity contribution in [2.75, 3.05) is 13.1 Å². The van der Waals surface area contributed by atoms with Crippen LogP contribution in [0.3, 0.4) is 0 Å². The average Bonchev–Trinajstić information content (AvgIpc) is 2.74. The van der Waals surface area contributed by atoms with Gasteiger partial charge in [0.2, 0.25) is 5.96 Å². The number of amides is 1. The maximum atomic E-state index is 11.6. The lowest BCUT2D eigenvalue weighted by Crippen LogP contribution is -2.39. The molecule has 0 spiro atoms. The Morgan fingerprint density at radius 3 is 2.81 bits per heavy atom. The van der Waals surface area contributed by atoms with Gasteiger partial charge in [0, 0.05) is 0 Å². The summed E-state index contributed by atoms with van der Waals surface area (Å²) in [6.07, 6.45) is -0.442. The molecule has 0 saturated heterocycles. The predicted octanol–water partition coefficient (Wildman–Crippen LogP) is 0.953. The molecule has 1 amide bonds. The van der Waals surface area contributed by atoms with Crippen LogP contribution in [0.1, 0.15) is 5.56 Å². The fraction of sp³-hybridized carbons (Fsp3) is 0.273. The maximum Gasteiger partial charge on any atom is 0.417 e. The number of ether oxygens (including phenoxy) is 1. The smallest absolute Gasteiger partial charge is 0.417 e. The van der Waals surface area contributed by atoms with E-state index in [1.54, 1.807) is 0 Å². The van der Waals surface area contributed by atoms with Crippen molar-refractivity contribution in [3.05, 3.63) is 35.9 Å². The lowest BCUT2D eigenvalue weighted by atomic mass is 10.2. The summed E-state index contributed by atoms with van der Waals surface area (Å²) in [4.78, 5) is 16.8. The van der Waals surface area contributed by atoms with Crippen LogP contribution in [0.25, 0.3) is 0 Å². The standard InChI is InChI=1S/C11H13N3O2/c12-10-13-6-7-14(10)11(15)16-8-9-4-2-1-3-5-9/h1-5H,6-8H2,(H2,12,13). The molecule has 1 aromatic rings. The van der Waals surface area contributed by atoms with Crippen LogP contribution in [0.4, 0.5) is 4.79 Å². The molecular formula is C11H13N3O2. The van der Waals surface area contributed by atoms with Gasteiger partial charge in [0.25, 0.3) is 0 Å². The number of hydrogen-bond donors (Lipinski definition) is 1. The molecule has 0 radical (unpaired) electrons. The van der Waals surface area contributed by atoms with Gasteiger partial charge >= 0.3 is 6.09 Å². The van der Waals surface area contributed by atoms with Gasteiger partial charge in [0.1, 0.15) is 6.61 Å². The minimum Gasteiger partial charge on any atom is -0.444 e. The fourth-order valence-corrected chi connectivity index (χ4v) is 1.45. The van der Waals surface area contributed by atoms with Crippen LogP contribution in [0, 0.1) is 0 Å². The second-order valence-electron chi connectivity index (χ2n) is 3.43. The van der Waals surface area contributed by atoms with E-state index in [1.807, 2.05) is 30.3 Å². The van der Waals surface area contributed by atoms with E-state index in [-0.39, 0.29) is 12.6 Å². The molecule has 1 heterocycles. The summed E-state index contributed by atoms with van der Waals surface area (Å²) >= 11 is 0. The van der Waals surface area contributed by atoms with Gasteiger partial charge in [0.15, 0.2) is 0 Å². The highest BCUT2D eigenvalue weighted by Crippen LogP contribution is 2.05. The number of benzene rings is 1. The topological polar surface area (TPSA) is 67.9 Å². The average molecular weight is 219 g/mol. The number of nitrogens with two attached hydrogens (primary N) is 1. The van der Waals surface area contributed by atoms with E-state index >= 15 is 0 Å². The Hall–Kier alpha value is -2.04. The first-order valence-corrected chi connectivity index (χ1v) is 5.05. The van der Waals surface area contributed by atoms with Crippen LogP contribution in [0.5, 0.6) is 0 Å². The Balaban J connectivity index is 1.87. The van der Waals surface area contributed by atoms with Gasteiger partial charge < -0.3 is 10.5 Å². The first kappa shape index (κ1) is 10.5. The number of carbonyl (C=O) groups excluding carboxylic acids is 1. The monoisotopic (exact) mass is 219 g/mol. The molecule has 16 heavy (non-hydrogen) atoms. The number of nitrogens with zero attached hydrogens (tertiary/aromatic N) is 2. The third-order valence-electron chi connectivity index (χ3n) is 2.30. The minimum absolute atomic E-state index is 0.234. The van der Waals surface area contributed by atoms with Crippen LogP contribution in [0.2, 0.25) is 0 Å². The zero-order valence-electron chi connectivity index (χ0n) is 8.80. The zero-order chi connectivity index (χ0) is 11.4. The third-order valence-corrected chi connectivity index (χ3v) is 2.30. The fourth-order valence-electron chi connectivity index (χ4n) is 1.45. The number of aliphatic imine (C=N–C) groups is 1. The molecule has 5 heteroatoms. The molecule has 0 aliphatic carbocycles. The molecule has 0 bridgehead atoms. The third kappa shape index (κ3) is 2.31. The van der Waals surface area contributed by atoms with E-state index in [9.17, 15) is 4.79 Å². The Bertz CT molecular complexity index is 403. The van der Waals surface area contributed by atoms with Crippen LogP contribution >= 0.6 is 0 Å². The summed E-state index contributed by atoms with van der Waals surface area (Å²) in [5, 5.41) is 0. The second kappa shape index (κ2) is 4.65. The highest BCUT2D eigenvalue weighted by Gasteiger charge is 2.22. The SMILES string of the molecule is NC1=NCCN1C(=O)OCc1ccccc1. The molecule has 0 fully saturated rings. The van der Waals surface area contributed by atoms with Gasteiger partial charge in [0.05, 0.1) is 13.1 Å². The highest BCUT2D eigenvalue weighted by atomic mass is 16.6. The normalized spacial score (nSPS) is 14.8. The van der Waals surface area contributed by atoms with E-state index < -0.39 is 6.09 Å². The van der Waals surface area contributed by atoms with E-state index in [4.69, 9.17) is 10.5 Å². The summed E-state index contributed by atoms with van der Waals surface area (Å²) in [5.74, 6) is 0.234. The van der Waals surface area contributed by atoms with Gasteiger partial charge in [-0.15, -0.1) is 0 Å². The number of hydrogen-bond acceptors (Lipinski definition) is 4. The van der Waals surface area contributed by atoms with Crippen molar-refractivity contribution in [1.82, 2.24) is 4.90 Å². The number of rotatable bonds is 2. The molecule has 0 atom stereocenters. The molecule has 5 nitrogen and oxygen atoms in total. The minimum atomic E-state index is -0.442. The van der Waals surface area contributed by atoms with Crippen molar-refractivity contribution < 1.29 is 9.53 Å². The van der Waals surface area contributed by atoms with Crippen LogP contribution in [-0.2, 0) is 11.3 Å². The van der Waals surface area contributed by atoms with E-state index in [1.165, 1.54) is 4.90 Å². The Morgan fingerprint density at radius 2 is 2.19 bits per heavy atom. The Labute approximate surface area is 93.5 Å². The van der Waals surface area contributed by atoms with Crippen LogP contribution in [-0.4, -0.2) is 30.0 Å². The van der Waals surface area contributed by atoms with Gasteiger partial charge in [-0.25, -0.2) is 9.69 Å². The Kier molecular flexibility index (Phi) is 3.05. The molecule has 84 valence electrons. The lowest BCUT2D eigenvalue weighted by molar-refractivity contribution is 0.118. The molecule has 0 saturated carbocycles. The summed E-state index contributed by atoms with van der Waals surface area (Å²) < 4.78 is 5.11. The highest BCUT2D eigenvalue weighted by molar-refractivity contribution is 5.94.